The second-order valence-electron chi connectivity index (χ2n) is 9.70. The average Bonchev–Trinajstić information content (AvgIpc) is 3.58. The lowest BCUT2D eigenvalue weighted by Gasteiger charge is -2.37. The third-order valence-corrected chi connectivity index (χ3v) is 7.76. The van der Waals surface area contributed by atoms with E-state index in [9.17, 15) is 13.2 Å². The molecule has 1 aromatic carbocycles. The van der Waals surface area contributed by atoms with Crippen molar-refractivity contribution in [2.24, 2.45) is 23.7 Å². The van der Waals surface area contributed by atoms with Gasteiger partial charge in [-0.05, 0) is 67.8 Å². The zero-order valence-electron chi connectivity index (χ0n) is 18.1. The van der Waals surface area contributed by atoms with Crippen molar-refractivity contribution in [1.29, 1.82) is 0 Å². The predicted molar refractivity (Wildman–Crippen MR) is 115 cm³/mol. The van der Waals surface area contributed by atoms with Crippen LogP contribution in [0.5, 0.6) is 0 Å². The van der Waals surface area contributed by atoms with Gasteiger partial charge in [-0.25, -0.2) is 13.2 Å². The number of allylic oxidation sites excluding steroid dienone is 1. The quantitative estimate of drug-likeness (QED) is 0.404. The third kappa shape index (κ3) is 5.12. The van der Waals surface area contributed by atoms with E-state index in [1.54, 1.807) is 18.2 Å². The van der Waals surface area contributed by atoms with Gasteiger partial charge in [0.1, 0.15) is 11.9 Å². The zero-order valence-corrected chi connectivity index (χ0v) is 18.1. The van der Waals surface area contributed by atoms with Gasteiger partial charge in [0.2, 0.25) is 0 Å². The molecule has 0 N–H and O–H groups in total. The molecule has 0 radical (unpaired) electrons. The van der Waals surface area contributed by atoms with Crippen LogP contribution in [0.25, 0.3) is 6.08 Å². The summed E-state index contributed by atoms with van der Waals surface area (Å²) in [5.41, 5.74) is 0.0941. The second-order valence-corrected chi connectivity index (χ2v) is 9.70. The van der Waals surface area contributed by atoms with E-state index in [0.29, 0.717) is 18.1 Å². The van der Waals surface area contributed by atoms with E-state index in [4.69, 9.17) is 4.74 Å². The van der Waals surface area contributed by atoms with Gasteiger partial charge in [0, 0.05) is 5.56 Å². The first kappa shape index (κ1) is 21.9. The summed E-state index contributed by atoms with van der Waals surface area (Å²) in [7, 11) is 0. The molecule has 1 unspecified atom stereocenters. The predicted octanol–water partition coefficient (Wildman–Crippen LogP) is 8.26. The van der Waals surface area contributed by atoms with E-state index in [-0.39, 0.29) is 11.7 Å². The Labute approximate surface area is 179 Å². The molecule has 4 rings (SSSR count). The second kappa shape index (κ2) is 9.89. The van der Waals surface area contributed by atoms with Crippen LogP contribution in [0.4, 0.5) is 13.2 Å². The van der Waals surface area contributed by atoms with Gasteiger partial charge in [-0.1, -0.05) is 56.9 Å². The highest BCUT2D eigenvalue weighted by molar-refractivity contribution is 5.56. The average molecular weight is 421 g/mol. The molecule has 1 aromatic rings. The normalized spacial score (nSPS) is 32.1. The Kier molecular flexibility index (Phi) is 7.23. The Morgan fingerprint density at radius 1 is 1.00 bits per heavy atom. The molecule has 3 aliphatic rings. The molecule has 1 saturated heterocycles. The van der Waals surface area contributed by atoms with Crippen molar-refractivity contribution in [2.45, 2.75) is 83.7 Å². The Balaban J connectivity index is 1.32. The summed E-state index contributed by atoms with van der Waals surface area (Å²) >= 11 is 0. The van der Waals surface area contributed by atoms with Crippen LogP contribution in [0.3, 0.4) is 0 Å². The highest BCUT2D eigenvalue weighted by atomic mass is 19.3. The molecule has 1 heterocycles. The first-order chi connectivity index (χ1) is 14.6. The number of halogens is 3. The Morgan fingerprint density at radius 2 is 1.63 bits per heavy atom. The molecule has 0 amide bonds. The van der Waals surface area contributed by atoms with Crippen molar-refractivity contribution in [3.8, 4) is 0 Å². The molecule has 0 aromatic heterocycles. The van der Waals surface area contributed by atoms with Crippen molar-refractivity contribution < 1.29 is 17.9 Å². The van der Waals surface area contributed by atoms with Gasteiger partial charge < -0.3 is 4.74 Å². The van der Waals surface area contributed by atoms with Crippen LogP contribution in [0.2, 0.25) is 0 Å². The van der Waals surface area contributed by atoms with E-state index in [1.807, 2.05) is 6.08 Å². The molecule has 1 nitrogen and oxygen atoms in total. The van der Waals surface area contributed by atoms with Crippen molar-refractivity contribution >= 4 is 6.08 Å². The van der Waals surface area contributed by atoms with E-state index < -0.39 is 17.8 Å². The first-order valence-corrected chi connectivity index (χ1v) is 12.0. The van der Waals surface area contributed by atoms with Gasteiger partial charge in [-0.3, -0.25) is 0 Å². The van der Waals surface area contributed by atoms with Crippen molar-refractivity contribution in [3.05, 3.63) is 40.7 Å². The molecule has 30 heavy (non-hydrogen) atoms. The summed E-state index contributed by atoms with van der Waals surface area (Å²) in [4.78, 5) is 0. The molecule has 0 bridgehead atoms. The largest absolute Gasteiger partial charge is 0.368 e. The van der Waals surface area contributed by atoms with Crippen molar-refractivity contribution in [2.75, 3.05) is 6.61 Å². The maximum absolute atomic E-state index is 14.6. The lowest BCUT2D eigenvalue weighted by atomic mass is 9.68. The fraction of sp³-hybridized carbons (Fsp3) is 0.692. The highest BCUT2D eigenvalue weighted by Gasteiger charge is 2.32. The number of benzene rings is 1. The summed E-state index contributed by atoms with van der Waals surface area (Å²) in [6, 6.07) is 3.23. The van der Waals surface area contributed by atoms with Crippen LogP contribution >= 0.6 is 0 Å². The zero-order chi connectivity index (χ0) is 21.1. The molecule has 4 heteroatoms. The molecule has 166 valence electrons. The molecule has 0 spiro atoms. The number of hydrogen-bond donors (Lipinski definition) is 0. The van der Waals surface area contributed by atoms with E-state index in [0.717, 1.165) is 30.6 Å². The van der Waals surface area contributed by atoms with Crippen LogP contribution in [0.1, 0.15) is 100 Å². The minimum Gasteiger partial charge on any atom is -0.368 e. The molecule has 3 fully saturated rings. The Morgan fingerprint density at radius 3 is 2.20 bits per heavy atom. The highest BCUT2D eigenvalue weighted by Crippen LogP contribution is 2.43. The molecule has 2 saturated carbocycles. The monoisotopic (exact) mass is 420 g/mol. The molecular weight excluding hydrogens is 385 g/mol. The Bertz CT molecular complexity index is 724. The molecule has 1 atom stereocenters. The number of epoxide rings is 1. The lowest BCUT2D eigenvalue weighted by Crippen LogP contribution is -2.25. The van der Waals surface area contributed by atoms with Gasteiger partial charge in [0.05, 0.1) is 12.2 Å². The topological polar surface area (TPSA) is 12.5 Å². The number of rotatable bonds is 7. The van der Waals surface area contributed by atoms with Crippen LogP contribution < -0.4 is 0 Å². The van der Waals surface area contributed by atoms with Crippen LogP contribution in [0.15, 0.2) is 18.2 Å². The van der Waals surface area contributed by atoms with E-state index in [1.165, 1.54) is 51.4 Å². The number of alkyl halides is 2. The van der Waals surface area contributed by atoms with Gasteiger partial charge in [0.15, 0.2) is 0 Å². The van der Waals surface area contributed by atoms with Gasteiger partial charge in [-0.2, -0.15) is 0 Å². The summed E-state index contributed by atoms with van der Waals surface area (Å²) < 4.78 is 46.7. The van der Waals surface area contributed by atoms with Crippen molar-refractivity contribution in [3.63, 3.8) is 0 Å². The first-order valence-electron chi connectivity index (χ1n) is 12.0. The maximum Gasteiger partial charge on any atom is 0.267 e. The summed E-state index contributed by atoms with van der Waals surface area (Å²) in [5, 5.41) is 0. The van der Waals surface area contributed by atoms with E-state index >= 15 is 0 Å². The maximum atomic E-state index is 14.6. The van der Waals surface area contributed by atoms with Crippen LogP contribution in [0, 0.1) is 29.5 Å². The fourth-order valence-electron chi connectivity index (χ4n) is 5.87. The summed E-state index contributed by atoms with van der Waals surface area (Å²) in [5.74, 6) is 2.30. The lowest BCUT2D eigenvalue weighted by molar-refractivity contribution is 0.145. The Hall–Kier alpha value is -1.29. The number of ether oxygens (including phenoxy) is 1. The van der Waals surface area contributed by atoms with Crippen molar-refractivity contribution in [1.82, 2.24) is 0 Å². The molecular formula is C26H35F3O. The SMILES string of the molecule is CCCC1CCC(C2CCC(/C=C/c3ccc(C4CO4)c(F)c3C(F)F)CC2)CC1. The minimum absolute atomic E-state index is 0.261. The number of hydrogen-bond acceptors (Lipinski definition) is 1. The smallest absolute Gasteiger partial charge is 0.267 e. The van der Waals surface area contributed by atoms with Gasteiger partial charge in [-0.15, -0.1) is 0 Å². The summed E-state index contributed by atoms with van der Waals surface area (Å²) in [6.07, 6.45) is 13.6. The van der Waals surface area contributed by atoms with Gasteiger partial charge in [0.25, 0.3) is 6.43 Å². The molecule has 1 aliphatic heterocycles. The fourth-order valence-corrected chi connectivity index (χ4v) is 5.87. The van der Waals surface area contributed by atoms with E-state index in [2.05, 4.69) is 6.92 Å². The third-order valence-electron chi connectivity index (χ3n) is 7.76. The standard InChI is InChI=1S/C26H35F3O/c1-2-3-17-4-9-19(10-5-17)20-11-6-18(7-12-20)8-13-21-14-15-22(23-16-30-23)25(27)24(21)26(28)29/h8,13-15,17-20,23,26H,2-7,9-12,16H2,1H3/b13-8+. The molecule has 2 aliphatic carbocycles. The minimum atomic E-state index is -2.82. The van der Waals surface area contributed by atoms with Crippen LogP contribution in [-0.2, 0) is 4.74 Å². The summed E-state index contributed by atoms with van der Waals surface area (Å²) in [6.45, 7) is 2.70. The van der Waals surface area contributed by atoms with Gasteiger partial charge >= 0.3 is 0 Å². The van der Waals surface area contributed by atoms with Crippen LogP contribution in [-0.4, -0.2) is 6.61 Å².